The summed E-state index contributed by atoms with van der Waals surface area (Å²) >= 11 is 0. The van der Waals surface area contributed by atoms with Crippen molar-refractivity contribution in [1.82, 2.24) is 4.31 Å². The van der Waals surface area contributed by atoms with Crippen molar-refractivity contribution in [2.75, 3.05) is 7.05 Å². The Morgan fingerprint density at radius 2 is 1.94 bits per heavy atom. The standard InChI is InChI=1S/C13H15NO2S/c1-11-7-3-6-10-13(11)17(15,16)14(2)12-8-4-5-9-12/h3-4,6-10H,5H2,1-2H3. The predicted molar refractivity (Wildman–Crippen MR) is 68.0 cm³/mol. The molecule has 0 saturated carbocycles. The molecule has 1 aliphatic carbocycles. The van der Waals surface area contributed by atoms with Gasteiger partial charge in [-0.3, -0.25) is 4.31 Å². The number of likely N-dealkylation sites (N-methyl/N-ethyl adjacent to an activating group) is 1. The second kappa shape index (κ2) is 4.37. The van der Waals surface area contributed by atoms with Crippen LogP contribution < -0.4 is 0 Å². The molecule has 0 spiro atoms. The van der Waals surface area contributed by atoms with Crippen LogP contribution in [-0.2, 0) is 10.0 Å². The van der Waals surface area contributed by atoms with Crippen LogP contribution in [0.15, 0.2) is 53.1 Å². The van der Waals surface area contributed by atoms with Gasteiger partial charge in [-0.2, -0.15) is 0 Å². The average Bonchev–Trinajstić information content (AvgIpc) is 2.81. The summed E-state index contributed by atoms with van der Waals surface area (Å²) < 4.78 is 26.1. The third kappa shape index (κ3) is 2.13. The van der Waals surface area contributed by atoms with Crippen molar-refractivity contribution in [3.05, 3.63) is 53.8 Å². The molecule has 4 heteroatoms. The predicted octanol–water partition coefficient (Wildman–Crippen LogP) is 2.46. The van der Waals surface area contributed by atoms with E-state index in [0.29, 0.717) is 4.90 Å². The molecule has 0 N–H and O–H groups in total. The summed E-state index contributed by atoms with van der Waals surface area (Å²) in [5, 5.41) is 0. The minimum absolute atomic E-state index is 0.365. The van der Waals surface area contributed by atoms with E-state index in [1.54, 1.807) is 32.2 Å². The van der Waals surface area contributed by atoms with Crippen molar-refractivity contribution in [2.45, 2.75) is 18.2 Å². The highest BCUT2D eigenvalue weighted by Gasteiger charge is 2.23. The number of rotatable bonds is 3. The van der Waals surface area contributed by atoms with Crippen molar-refractivity contribution in [3.8, 4) is 0 Å². The minimum atomic E-state index is -3.44. The van der Waals surface area contributed by atoms with Crippen LogP contribution in [0.4, 0.5) is 0 Å². The summed E-state index contributed by atoms with van der Waals surface area (Å²) in [6.07, 6.45) is 6.47. The highest BCUT2D eigenvalue weighted by molar-refractivity contribution is 7.89. The Kier molecular flexibility index (Phi) is 3.07. The van der Waals surface area contributed by atoms with Crippen LogP contribution in [0, 0.1) is 6.92 Å². The number of sulfonamides is 1. The number of allylic oxidation sites excluding steroid dienone is 3. The fourth-order valence-corrected chi connectivity index (χ4v) is 3.24. The van der Waals surface area contributed by atoms with E-state index in [1.165, 1.54) is 4.31 Å². The molecule has 0 atom stereocenters. The van der Waals surface area contributed by atoms with Crippen molar-refractivity contribution in [1.29, 1.82) is 0 Å². The van der Waals surface area contributed by atoms with Gasteiger partial charge in [-0.05, 0) is 31.1 Å². The Labute approximate surface area is 102 Å². The maximum atomic E-state index is 12.4. The maximum Gasteiger partial charge on any atom is 0.264 e. The van der Waals surface area contributed by atoms with Gasteiger partial charge in [-0.15, -0.1) is 0 Å². The molecule has 0 radical (unpaired) electrons. The summed E-state index contributed by atoms with van der Waals surface area (Å²) in [7, 11) is -1.85. The molecule has 1 aliphatic rings. The summed E-state index contributed by atoms with van der Waals surface area (Å²) in [6.45, 7) is 1.81. The molecular weight excluding hydrogens is 234 g/mol. The molecule has 3 nitrogen and oxygen atoms in total. The van der Waals surface area contributed by atoms with E-state index >= 15 is 0 Å². The molecule has 90 valence electrons. The Morgan fingerprint density at radius 3 is 2.53 bits per heavy atom. The van der Waals surface area contributed by atoms with Crippen LogP contribution in [0.3, 0.4) is 0 Å². The molecule has 0 heterocycles. The van der Waals surface area contributed by atoms with Gasteiger partial charge in [-0.25, -0.2) is 8.42 Å². The lowest BCUT2D eigenvalue weighted by molar-refractivity contribution is 0.529. The molecule has 0 aromatic heterocycles. The highest BCUT2D eigenvalue weighted by atomic mass is 32.2. The first-order valence-electron chi connectivity index (χ1n) is 5.45. The van der Waals surface area contributed by atoms with Gasteiger partial charge in [0.05, 0.1) is 4.90 Å². The number of aryl methyl sites for hydroxylation is 1. The second-order valence-corrected chi connectivity index (χ2v) is 5.94. The molecule has 0 unspecified atom stereocenters. The first-order chi connectivity index (χ1) is 8.03. The number of benzene rings is 1. The number of hydrogen-bond acceptors (Lipinski definition) is 2. The molecular formula is C13H15NO2S. The van der Waals surface area contributed by atoms with Crippen molar-refractivity contribution >= 4 is 10.0 Å². The molecule has 2 rings (SSSR count). The molecule has 0 bridgehead atoms. The number of nitrogens with zero attached hydrogens (tertiary/aromatic N) is 1. The lowest BCUT2D eigenvalue weighted by Crippen LogP contribution is -2.25. The minimum Gasteiger partial charge on any atom is -0.270 e. The lowest BCUT2D eigenvalue weighted by atomic mass is 10.2. The fraction of sp³-hybridized carbons (Fsp3) is 0.231. The molecule has 0 saturated heterocycles. The zero-order valence-corrected chi connectivity index (χ0v) is 10.7. The zero-order valence-electron chi connectivity index (χ0n) is 9.92. The van der Waals surface area contributed by atoms with E-state index in [1.807, 2.05) is 24.3 Å². The van der Waals surface area contributed by atoms with Crippen molar-refractivity contribution < 1.29 is 8.42 Å². The van der Waals surface area contributed by atoms with Gasteiger partial charge in [0.2, 0.25) is 0 Å². The van der Waals surface area contributed by atoms with Gasteiger partial charge in [-0.1, -0.05) is 30.4 Å². The van der Waals surface area contributed by atoms with E-state index < -0.39 is 10.0 Å². The summed E-state index contributed by atoms with van der Waals surface area (Å²) in [5.74, 6) is 0. The largest absolute Gasteiger partial charge is 0.270 e. The molecule has 0 fully saturated rings. The normalized spacial score (nSPS) is 14.8. The van der Waals surface area contributed by atoms with E-state index in [-0.39, 0.29) is 0 Å². The van der Waals surface area contributed by atoms with E-state index in [0.717, 1.165) is 17.7 Å². The van der Waals surface area contributed by atoms with Gasteiger partial charge in [0, 0.05) is 12.7 Å². The Morgan fingerprint density at radius 1 is 1.24 bits per heavy atom. The quantitative estimate of drug-likeness (QED) is 0.825. The second-order valence-electron chi connectivity index (χ2n) is 4.01. The third-order valence-corrected chi connectivity index (χ3v) is 4.79. The maximum absolute atomic E-state index is 12.4. The van der Waals surface area contributed by atoms with E-state index in [4.69, 9.17) is 0 Å². The highest BCUT2D eigenvalue weighted by Crippen LogP contribution is 2.23. The molecule has 1 aromatic rings. The Balaban J connectivity index is 2.44. The van der Waals surface area contributed by atoms with Gasteiger partial charge >= 0.3 is 0 Å². The van der Waals surface area contributed by atoms with Crippen LogP contribution in [0.1, 0.15) is 12.0 Å². The van der Waals surface area contributed by atoms with Crippen molar-refractivity contribution in [2.24, 2.45) is 0 Å². The third-order valence-electron chi connectivity index (χ3n) is 2.85. The molecule has 17 heavy (non-hydrogen) atoms. The topological polar surface area (TPSA) is 37.4 Å². The summed E-state index contributed by atoms with van der Waals surface area (Å²) in [5.41, 5.74) is 1.50. The van der Waals surface area contributed by atoms with Crippen LogP contribution in [0.2, 0.25) is 0 Å². The molecule has 0 aliphatic heterocycles. The SMILES string of the molecule is Cc1ccccc1S(=O)(=O)N(C)C1=CCC=C1. The molecule has 0 amide bonds. The van der Waals surface area contributed by atoms with Crippen LogP contribution in [0.5, 0.6) is 0 Å². The smallest absolute Gasteiger partial charge is 0.264 e. The van der Waals surface area contributed by atoms with E-state index in [9.17, 15) is 8.42 Å². The van der Waals surface area contributed by atoms with Crippen LogP contribution >= 0.6 is 0 Å². The summed E-state index contributed by atoms with van der Waals surface area (Å²) in [6, 6.07) is 7.02. The summed E-state index contributed by atoms with van der Waals surface area (Å²) in [4.78, 5) is 0.365. The first-order valence-corrected chi connectivity index (χ1v) is 6.89. The van der Waals surface area contributed by atoms with Gasteiger partial charge in [0.1, 0.15) is 0 Å². The van der Waals surface area contributed by atoms with Crippen LogP contribution in [0.25, 0.3) is 0 Å². The van der Waals surface area contributed by atoms with Gasteiger partial charge in [0.25, 0.3) is 10.0 Å². The Hall–Kier alpha value is -1.55. The van der Waals surface area contributed by atoms with Gasteiger partial charge in [0.15, 0.2) is 0 Å². The monoisotopic (exact) mass is 249 g/mol. The van der Waals surface area contributed by atoms with Gasteiger partial charge < -0.3 is 0 Å². The Bertz CT molecular complexity index is 585. The van der Waals surface area contributed by atoms with E-state index in [2.05, 4.69) is 0 Å². The van der Waals surface area contributed by atoms with Crippen molar-refractivity contribution in [3.63, 3.8) is 0 Å². The number of hydrogen-bond donors (Lipinski definition) is 0. The average molecular weight is 249 g/mol. The zero-order chi connectivity index (χ0) is 12.5. The van der Waals surface area contributed by atoms with Crippen LogP contribution in [-0.4, -0.2) is 19.8 Å². The first kappa shape index (κ1) is 11.9. The lowest BCUT2D eigenvalue weighted by Gasteiger charge is -2.20. The molecule has 1 aromatic carbocycles. The fourth-order valence-electron chi connectivity index (χ4n) is 1.81.